The Hall–Kier alpha value is -1.04. The zero-order valence-corrected chi connectivity index (χ0v) is 15.4. The molecule has 2 aliphatic rings. The number of hydrogen-bond donors (Lipinski definition) is 0. The molecule has 0 radical (unpaired) electrons. The summed E-state index contributed by atoms with van der Waals surface area (Å²) < 4.78 is 17.8. The Morgan fingerprint density at radius 1 is 1.17 bits per heavy atom. The second-order valence-electron chi connectivity index (χ2n) is 7.33. The summed E-state index contributed by atoms with van der Waals surface area (Å²) in [5, 5.41) is 0. The average molecular weight is 319 g/mol. The maximum absolute atomic E-state index is 6.11. The first kappa shape index (κ1) is 18.3. The van der Waals surface area contributed by atoms with E-state index in [0.717, 1.165) is 30.9 Å². The largest absolute Gasteiger partial charge is 0.494 e. The van der Waals surface area contributed by atoms with Gasteiger partial charge in [0.1, 0.15) is 0 Å². The van der Waals surface area contributed by atoms with Crippen LogP contribution in [0.25, 0.3) is 0 Å². The van der Waals surface area contributed by atoms with Gasteiger partial charge in [-0.2, -0.15) is 0 Å². The van der Waals surface area contributed by atoms with Crippen molar-refractivity contribution in [2.24, 2.45) is 0 Å². The van der Waals surface area contributed by atoms with Gasteiger partial charge in [0.05, 0.1) is 23.9 Å². The zero-order valence-electron chi connectivity index (χ0n) is 15.4. The minimum Gasteiger partial charge on any atom is -0.399 e. The van der Waals surface area contributed by atoms with E-state index < -0.39 is 0 Å². The Morgan fingerprint density at radius 3 is 2.30 bits per heavy atom. The van der Waals surface area contributed by atoms with E-state index in [9.17, 15) is 0 Å². The van der Waals surface area contributed by atoms with Crippen LogP contribution in [-0.4, -0.2) is 49.0 Å². The molecule has 0 spiro atoms. The van der Waals surface area contributed by atoms with Crippen molar-refractivity contribution in [2.75, 3.05) is 19.7 Å². The minimum atomic E-state index is -0.335. The minimum absolute atomic E-state index is 0.248. The number of nitrogens with zero attached hydrogens (tertiary/aromatic N) is 1. The van der Waals surface area contributed by atoms with Crippen molar-refractivity contribution in [1.29, 1.82) is 0 Å². The maximum Gasteiger partial charge on any atom is 0.494 e. The van der Waals surface area contributed by atoms with Crippen molar-refractivity contribution in [3.05, 3.63) is 36.0 Å². The van der Waals surface area contributed by atoms with Gasteiger partial charge in [-0.1, -0.05) is 18.7 Å². The summed E-state index contributed by atoms with van der Waals surface area (Å²) in [6, 6.07) is 0. The molecule has 2 heterocycles. The van der Waals surface area contributed by atoms with Gasteiger partial charge < -0.3 is 18.9 Å². The van der Waals surface area contributed by atoms with E-state index in [2.05, 4.69) is 46.1 Å². The third-order valence-corrected chi connectivity index (χ3v) is 4.97. The Morgan fingerprint density at radius 2 is 1.78 bits per heavy atom. The maximum atomic E-state index is 6.11. The summed E-state index contributed by atoms with van der Waals surface area (Å²) in [5.41, 5.74) is 1.37. The SMILES string of the molecule is C=C(C=CC(=CC)B1OC(C)(C)C(C)(C)O1)N1CCOC(C)C1. The summed E-state index contributed by atoms with van der Waals surface area (Å²) in [7, 11) is -0.335. The van der Waals surface area contributed by atoms with Crippen LogP contribution in [0.5, 0.6) is 0 Å². The quantitative estimate of drug-likeness (QED) is 0.587. The molecule has 23 heavy (non-hydrogen) atoms. The van der Waals surface area contributed by atoms with Crippen LogP contribution in [0, 0.1) is 0 Å². The lowest BCUT2D eigenvalue weighted by Crippen LogP contribution is -2.41. The summed E-state index contributed by atoms with van der Waals surface area (Å²) >= 11 is 0. The van der Waals surface area contributed by atoms with Crippen LogP contribution in [-0.2, 0) is 14.0 Å². The number of hydrogen-bond acceptors (Lipinski definition) is 4. The lowest BCUT2D eigenvalue weighted by molar-refractivity contribution is -0.00431. The molecule has 0 bridgehead atoms. The number of rotatable bonds is 4. The fraction of sp³-hybridized carbons (Fsp3) is 0.667. The van der Waals surface area contributed by atoms with Crippen LogP contribution in [0.15, 0.2) is 36.0 Å². The zero-order chi connectivity index (χ0) is 17.3. The van der Waals surface area contributed by atoms with Gasteiger partial charge in [-0.15, -0.1) is 0 Å². The molecule has 1 unspecified atom stereocenters. The molecule has 2 fully saturated rings. The highest BCUT2D eigenvalue weighted by Gasteiger charge is 2.51. The fourth-order valence-corrected chi connectivity index (χ4v) is 2.67. The monoisotopic (exact) mass is 319 g/mol. The third kappa shape index (κ3) is 4.08. The lowest BCUT2D eigenvalue weighted by atomic mass is 9.77. The van der Waals surface area contributed by atoms with Gasteiger partial charge in [0.2, 0.25) is 0 Å². The molecule has 2 saturated heterocycles. The van der Waals surface area contributed by atoms with Crippen LogP contribution < -0.4 is 0 Å². The molecule has 2 rings (SSSR count). The normalized spacial score (nSPS) is 27.7. The van der Waals surface area contributed by atoms with Crippen LogP contribution in [0.1, 0.15) is 41.5 Å². The average Bonchev–Trinajstić information content (AvgIpc) is 2.67. The van der Waals surface area contributed by atoms with Crippen LogP contribution in [0.3, 0.4) is 0 Å². The molecule has 0 aliphatic carbocycles. The predicted octanol–water partition coefficient (Wildman–Crippen LogP) is 3.35. The summed E-state index contributed by atoms with van der Waals surface area (Å²) in [6.07, 6.45) is 6.37. The molecule has 128 valence electrons. The van der Waals surface area contributed by atoms with E-state index in [1.165, 1.54) is 0 Å². The first-order chi connectivity index (χ1) is 10.7. The predicted molar refractivity (Wildman–Crippen MR) is 95.1 cm³/mol. The van der Waals surface area contributed by atoms with E-state index >= 15 is 0 Å². The molecular formula is C18H30BNO3. The number of ether oxygens (including phenoxy) is 1. The Bertz CT molecular complexity index is 494. The smallest absolute Gasteiger partial charge is 0.399 e. The van der Waals surface area contributed by atoms with Crippen molar-refractivity contribution in [3.8, 4) is 0 Å². The van der Waals surface area contributed by atoms with Gasteiger partial charge in [-0.05, 0) is 53.1 Å². The molecule has 0 N–H and O–H groups in total. The molecule has 0 aromatic rings. The lowest BCUT2D eigenvalue weighted by Gasteiger charge is -2.33. The second-order valence-corrected chi connectivity index (χ2v) is 7.33. The molecule has 0 aromatic heterocycles. The van der Waals surface area contributed by atoms with Crippen molar-refractivity contribution in [3.63, 3.8) is 0 Å². The first-order valence-electron chi connectivity index (χ1n) is 8.41. The van der Waals surface area contributed by atoms with Gasteiger partial charge in [0, 0.05) is 18.8 Å². The van der Waals surface area contributed by atoms with Gasteiger partial charge in [-0.3, -0.25) is 0 Å². The van der Waals surface area contributed by atoms with E-state index in [4.69, 9.17) is 14.0 Å². The highest BCUT2D eigenvalue weighted by atomic mass is 16.7. The Kier molecular flexibility index (Phi) is 5.44. The van der Waals surface area contributed by atoms with E-state index in [1.54, 1.807) is 0 Å². The van der Waals surface area contributed by atoms with Gasteiger partial charge >= 0.3 is 7.12 Å². The molecule has 1 atom stereocenters. The summed E-state index contributed by atoms with van der Waals surface area (Å²) in [6.45, 7) is 19.1. The highest BCUT2D eigenvalue weighted by molar-refractivity contribution is 6.55. The molecule has 0 aromatic carbocycles. The Labute approximate surface area is 141 Å². The third-order valence-electron chi connectivity index (χ3n) is 4.97. The van der Waals surface area contributed by atoms with Crippen LogP contribution in [0.4, 0.5) is 0 Å². The fourth-order valence-electron chi connectivity index (χ4n) is 2.67. The van der Waals surface area contributed by atoms with E-state index in [1.807, 2.05) is 25.2 Å². The summed E-state index contributed by atoms with van der Waals surface area (Å²) in [4.78, 5) is 2.25. The van der Waals surface area contributed by atoms with E-state index in [-0.39, 0.29) is 24.4 Å². The molecule has 2 aliphatic heterocycles. The van der Waals surface area contributed by atoms with Crippen LogP contribution in [0.2, 0.25) is 0 Å². The molecule has 4 nitrogen and oxygen atoms in total. The van der Waals surface area contributed by atoms with Crippen molar-refractivity contribution in [2.45, 2.75) is 58.8 Å². The van der Waals surface area contributed by atoms with Gasteiger partial charge in [0.25, 0.3) is 0 Å². The van der Waals surface area contributed by atoms with Crippen LogP contribution >= 0.6 is 0 Å². The Balaban J connectivity index is 2.01. The van der Waals surface area contributed by atoms with Gasteiger partial charge in [-0.25, -0.2) is 0 Å². The molecular weight excluding hydrogens is 289 g/mol. The highest BCUT2D eigenvalue weighted by Crippen LogP contribution is 2.38. The van der Waals surface area contributed by atoms with E-state index in [0.29, 0.717) is 0 Å². The second kappa shape index (κ2) is 6.84. The molecule has 0 amide bonds. The topological polar surface area (TPSA) is 30.9 Å². The summed E-state index contributed by atoms with van der Waals surface area (Å²) in [5.74, 6) is 0. The van der Waals surface area contributed by atoms with Gasteiger partial charge in [0.15, 0.2) is 0 Å². The first-order valence-corrected chi connectivity index (χ1v) is 8.41. The van der Waals surface area contributed by atoms with Crippen molar-refractivity contribution in [1.82, 2.24) is 4.90 Å². The number of allylic oxidation sites excluding steroid dienone is 4. The molecule has 0 saturated carbocycles. The molecule has 5 heteroatoms. The standard InChI is InChI=1S/C18H30BNO3/c1-8-16(19-22-17(4,5)18(6,7)23-19)10-9-14(2)20-11-12-21-15(3)13-20/h8-10,15H,2,11-13H2,1,3-7H3. The van der Waals surface area contributed by atoms with Crippen molar-refractivity contribution >= 4 is 7.12 Å². The van der Waals surface area contributed by atoms with Crippen molar-refractivity contribution < 1.29 is 14.0 Å². The number of morpholine rings is 1.